The number of Topliss-reactive ketones (excluding diaryl/α,β-unsaturated/α-hetero) is 2. The van der Waals surface area contributed by atoms with Crippen LogP contribution < -0.4 is 5.73 Å². The number of aliphatic hydroxyl groups excluding tert-OH is 2. The summed E-state index contributed by atoms with van der Waals surface area (Å²) in [4.78, 5) is 41.8. The lowest BCUT2D eigenvalue weighted by molar-refractivity contribution is -0.147. The van der Waals surface area contributed by atoms with Crippen LogP contribution in [-0.4, -0.2) is 48.5 Å². The number of hydrogen-bond donors (Lipinski definition) is 5. The number of rotatable bonds is 1. The molecule has 0 aliphatic heterocycles. The fraction of sp³-hybridized carbons (Fsp3) is 0.231. The number of carbonyl (C=O) groups excluding carboxylic acids is 3. The number of phenols is 1. The highest BCUT2D eigenvalue weighted by molar-refractivity contribution is 6.22. The molecule has 1 fully saturated rings. The van der Waals surface area contributed by atoms with Gasteiger partial charge in [-0.1, -0.05) is 12.0 Å². The van der Waals surface area contributed by atoms with E-state index in [0.29, 0.717) is 16.8 Å². The summed E-state index contributed by atoms with van der Waals surface area (Å²) in [5.41, 5.74) is 3.16. The van der Waals surface area contributed by atoms with Gasteiger partial charge in [-0.25, -0.2) is 4.98 Å². The number of fused-ring (bicyclic) bond motifs is 3. The Labute approximate surface area is 199 Å². The minimum Gasteiger partial charge on any atom is -0.508 e. The molecule has 0 saturated heterocycles. The molecule has 3 atom stereocenters. The molecule has 1 heterocycles. The molecule has 1 aromatic carbocycles. The van der Waals surface area contributed by atoms with E-state index in [1.54, 1.807) is 30.5 Å². The molecule has 0 spiro atoms. The van der Waals surface area contributed by atoms with Gasteiger partial charge in [-0.15, -0.1) is 0 Å². The van der Waals surface area contributed by atoms with Crippen LogP contribution in [0, 0.1) is 23.7 Å². The number of nitrogens with two attached hydrogens (primary N) is 1. The van der Waals surface area contributed by atoms with Crippen molar-refractivity contribution >= 4 is 23.2 Å². The van der Waals surface area contributed by atoms with Crippen molar-refractivity contribution in [2.45, 2.75) is 24.9 Å². The molecule has 0 radical (unpaired) electrons. The zero-order valence-corrected chi connectivity index (χ0v) is 18.3. The van der Waals surface area contributed by atoms with Crippen LogP contribution in [0.4, 0.5) is 0 Å². The smallest absolute Gasteiger partial charge is 0.255 e. The highest BCUT2D eigenvalue weighted by Crippen LogP contribution is 2.52. The largest absolute Gasteiger partial charge is 0.508 e. The number of primary amides is 1. The number of aliphatic hydroxyl groups is 3. The van der Waals surface area contributed by atoms with E-state index in [4.69, 9.17) is 5.73 Å². The van der Waals surface area contributed by atoms with Gasteiger partial charge in [-0.3, -0.25) is 14.4 Å². The third-order valence-corrected chi connectivity index (χ3v) is 6.94. The number of aromatic nitrogens is 1. The zero-order chi connectivity index (χ0) is 25.1. The fourth-order valence-corrected chi connectivity index (χ4v) is 5.31. The summed E-state index contributed by atoms with van der Waals surface area (Å²) in [6, 6.07) is 8.22. The van der Waals surface area contributed by atoms with E-state index in [2.05, 4.69) is 16.8 Å². The minimum absolute atomic E-state index is 0.00458. The summed E-state index contributed by atoms with van der Waals surface area (Å²) in [7, 11) is 0. The molecule has 1 saturated carbocycles. The Hall–Kier alpha value is -4.42. The van der Waals surface area contributed by atoms with E-state index < -0.39 is 52.0 Å². The normalized spacial score (nSPS) is 25.3. The molecular formula is C26H20N2O7. The number of hydrogen-bond acceptors (Lipinski definition) is 8. The van der Waals surface area contributed by atoms with Crippen molar-refractivity contribution < 1.29 is 34.8 Å². The summed E-state index contributed by atoms with van der Waals surface area (Å²) in [6.07, 6.45) is 1.49. The van der Waals surface area contributed by atoms with Gasteiger partial charge in [0.15, 0.2) is 11.4 Å². The van der Waals surface area contributed by atoms with Crippen LogP contribution in [0.3, 0.4) is 0 Å². The third kappa shape index (κ3) is 3.22. The first kappa shape index (κ1) is 22.4. The van der Waals surface area contributed by atoms with Crippen LogP contribution in [0.2, 0.25) is 0 Å². The highest BCUT2D eigenvalue weighted by atomic mass is 16.3. The van der Waals surface area contributed by atoms with Gasteiger partial charge in [0.2, 0.25) is 5.78 Å². The zero-order valence-electron chi connectivity index (χ0n) is 18.3. The molecule has 5 rings (SSSR count). The number of nitrogens with zero attached hydrogens (tertiary/aromatic N) is 1. The predicted molar refractivity (Wildman–Crippen MR) is 122 cm³/mol. The maximum atomic E-state index is 13.5. The van der Waals surface area contributed by atoms with E-state index >= 15 is 0 Å². The standard InChI is InChI=1S/C26H20N2O7/c27-25(34)21-18(30)11-14-9-13-10-16-12(4-6-15-3-1-2-8-28-15)5-7-17(29)20(16)22(31)19(13)23(32)26(14,35)24(21)33/h1-3,5,7-8,13-14,29,31,33,35H,9-11H2,(H2,27,34)/t13-,14+,26+/m1/s1. The van der Waals surface area contributed by atoms with Crippen molar-refractivity contribution in [2.24, 2.45) is 17.6 Å². The Morgan fingerprint density at radius 2 is 1.86 bits per heavy atom. The summed E-state index contributed by atoms with van der Waals surface area (Å²) >= 11 is 0. The number of carbonyl (C=O) groups is 3. The van der Waals surface area contributed by atoms with Gasteiger partial charge < -0.3 is 26.2 Å². The van der Waals surface area contributed by atoms with Gasteiger partial charge in [0.1, 0.15) is 28.5 Å². The Morgan fingerprint density at radius 3 is 2.54 bits per heavy atom. The van der Waals surface area contributed by atoms with E-state index in [1.165, 1.54) is 6.07 Å². The van der Waals surface area contributed by atoms with Crippen LogP contribution in [0.15, 0.2) is 53.4 Å². The molecule has 9 heteroatoms. The van der Waals surface area contributed by atoms with Crippen molar-refractivity contribution in [3.05, 3.63) is 75.8 Å². The van der Waals surface area contributed by atoms with Crippen LogP contribution in [0.5, 0.6) is 5.75 Å². The lowest BCUT2D eigenvalue weighted by Crippen LogP contribution is -2.58. The van der Waals surface area contributed by atoms with Gasteiger partial charge in [0.25, 0.3) is 5.91 Å². The summed E-state index contributed by atoms with van der Waals surface area (Å²) in [6.45, 7) is 0. The van der Waals surface area contributed by atoms with Crippen LogP contribution in [0.25, 0.3) is 5.76 Å². The molecular weight excluding hydrogens is 452 g/mol. The van der Waals surface area contributed by atoms with Crippen molar-refractivity contribution in [3.8, 4) is 17.6 Å². The van der Waals surface area contributed by atoms with Crippen molar-refractivity contribution in [3.63, 3.8) is 0 Å². The maximum absolute atomic E-state index is 13.5. The lowest BCUT2D eigenvalue weighted by atomic mass is 9.59. The Morgan fingerprint density at radius 1 is 1.09 bits per heavy atom. The Balaban J connectivity index is 1.66. The Bertz CT molecular complexity index is 1450. The number of ketones is 2. The molecule has 3 aliphatic rings. The second-order valence-electron chi connectivity index (χ2n) is 8.86. The summed E-state index contributed by atoms with van der Waals surface area (Å²) in [5, 5.41) is 43.5. The number of amides is 1. The molecule has 0 bridgehead atoms. The number of benzene rings is 1. The molecule has 2 aromatic rings. The number of pyridine rings is 1. The maximum Gasteiger partial charge on any atom is 0.255 e. The van der Waals surface area contributed by atoms with Gasteiger partial charge >= 0.3 is 0 Å². The first-order valence-corrected chi connectivity index (χ1v) is 10.9. The topological polar surface area (TPSA) is 171 Å². The summed E-state index contributed by atoms with van der Waals surface area (Å²) in [5.74, 6) is -0.686. The van der Waals surface area contributed by atoms with E-state index in [1.807, 2.05) is 0 Å². The monoisotopic (exact) mass is 472 g/mol. The lowest BCUT2D eigenvalue weighted by Gasteiger charge is -2.46. The average Bonchev–Trinajstić information content (AvgIpc) is 2.81. The van der Waals surface area contributed by atoms with Crippen LogP contribution in [0.1, 0.15) is 35.2 Å². The average molecular weight is 472 g/mol. The SMILES string of the molecule is NC(=O)C1=C(O)[C@@]2(O)C(=O)C3=C(O)c4c(O)ccc(C#Cc5ccccn5)c4C[C@H]3C[C@H]2CC1=O. The Kier molecular flexibility index (Phi) is 5.00. The predicted octanol–water partition coefficient (Wildman–Crippen LogP) is 1.22. The van der Waals surface area contributed by atoms with Gasteiger partial charge in [-0.05, 0) is 54.5 Å². The van der Waals surface area contributed by atoms with Gasteiger partial charge in [-0.2, -0.15) is 0 Å². The molecule has 0 unspecified atom stereocenters. The van der Waals surface area contributed by atoms with E-state index in [0.717, 1.165) is 0 Å². The van der Waals surface area contributed by atoms with Crippen molar-refractivity contribution in [1.29, 1.82) is 0 Å². The molecule has 3 aliphatic carbocycles. The first-order chi connectivity index (χ1) is 16.6. The van der Waals surface area contributed by atoms with E-state index in [-0.39, 0.29) is 36.1 Å². The van der Waals surface area contributed by atoms with Gasteiger partial charge in [0, 0.05) is 29.7 Å². The number of phenolic OH excluding ortho intramolecular Hbond substituents is 1. The molecule has 6 N–H and O–H groups in total. The van der Waals surface area contributed by atoms with Crippen molar-refractivity contribution in [1.82, 2.24) is 4.98 Å². The third-order valence-electron chi connectivity index (χ3n) is 6.94. The van der Waals surface area contributed by atoms with E-state index in [9.17, 15) is 34.8 Å². The summed E-state index contributed by atoms with van der Waals surface area (Å²) < 4.78 is 0. The molecule has 1 aromatic heterocycles. The van der Waals surface area contributed by atoms with Crippen LogP contribution in [-0.2, 0) is 20.8 Å². The van der Waals surface area contributed by atoms with Crippen LogP contribution >= 0.6 is 0 Å². The fourth-order valence-electron chi connectivity index (χ4n) is 5.31. The second kappa shape index (κ2) is 7.82. The second-order valence-corrected chi connectivity index (χ2v) is 8.86. The van der Waals surface area contributed by atoms with Crippen molar-refractivity contribution in [2.75, 3.05) is 0 Å². The molecule has 35 heavy (non-hydrogen) atoms. The highest BCUT2D eigenvalue weighted by Gasteiger charge is 2.60. The number of aromatic hydroxyl groups is 1. The molecule has 9 nitrogen and oxygen atoms in total. The molecule has 1 amide bonds. The first-order valence-electron chi connectivity index (χ1n) is 10.9. The molecule has 176 valence electrons. The minimum atomic E-state index is -2.58. The quantitative estimate of drug-likeness (QED) is 0.304. The van der Waals surface area contributed by atoms with Gasteiger partial charge in [0.05, 0.1) is 5.56 Å².